The standard InChI is InChI=1S/C10H19ClN2O/c11-4-1-5-13-6-2-9(3-7-13)8-10(12)14/h9H,1-8H2,(H2,12,14). The van der Waals surface area contributed by atoms with E-state index in [9.17, 15) is 4.79 Å². The number of carbonyl (C=O) groups excluding carboxylic acids is 1. The Balaban J connectivity index is 2.14. The highest BCUT2D eigenvalue weighted by Crippen LogP contribution is 2.19. The molecule has 0 aliphatic carbocycles. The maximum Gasteiger partial charge on any atom is 0.217 e. The molecule has 0 aromatic heterocycles. The van der Waals surface area contributed by atoms with Gasteiger partial charge in [0.15, 0.2) is 0 Å². The van der Waals surface area contributed by atoms with Crippen LogP contribution in [-0.2, 0) is 4.79 Å². The zero-order chi connectivity index (χ0) is 10.4. The summed E-state index contributed by atoms with van der Waals surface area (Å²) < 4.78 is 0. The van der Waals surface area contributed by atoms with Crippen LogP contribution >= 0.6 is 11.6 Å². The molecule has 82 valence electrons. The second-order valence-corrected chi connectivity index (χ2v) is 4.38. The Labute approximate surface area is 90.6 Å². The van der Waals surface area contributed by atoms with Crippen molar-refractivity contribution in [1.29, 1.82) is 0 Å². The molecule has 4 heteroatoms. The minimum atomic E-state index is -0.163. The van der Waals surface area contributed by atoms with Gasteiger partial charge in [-0.3, -0.25) is 4.79 Å². The van der Waals surface area contributed by atoms with Crippen LogP contribution in [-0.4, -0.2) is 36.3 Å². The molecule has 0 aromatic carbocycles. The Morgan fingerprint density at radius 3 is 2.57 bits per heavy atom. The fraction of sp³-hybridized carbons (Fsp3) is 0.900. The summed E-state index contributed by atoms with van der Waals surface area (Å²) in [6, 6.07) is 0. The summed E-state index contributed by atoms with van der Waals surface area (Å²) in [6.45, 7) is 3.27. The fourth-order valence-corrected chi connectivity index (χ4v) is 2.10. The lowest BCUT2D eigenvalue weighted by atomic mass is 9.93. The molecule has 1 rings (SSSR count). The third-order valence-corrected chi connectivity index (χ3v) is 3.07. The highest BCUT2D eigenvalue weighted by atomic mass is 35.5. The number of nitrogens with zero attached hydrogens (tertiary/aromatic N) is 1. The average molecular weight is 219 g/mol. The molecule has 1 saturated heterocycles. The van der Waals surface area contributed by atoms with E-state index in [4.69, 9.17) is 17.3 Å². The van der Waals surface area contributed by atoms with Crippen LogP contribution in [0.4, 0.5) is 0 Å². The number of carbonyl (C=O) groups is 1. The van der Waals surface area contributed by atoms with Gasteiger partial charge in [-0.15, -0.1) is 11.6 Å². The Morgan fingerprint density at radius 2 is 2.07 bits per heavy atom. The molecule has 1 heterocycles. The molecule has 0 unspecified atom stereocenters. The van der Waals surface area contributed by atoms with Gasteiger partial charge in [0, 0.05) is 12.3 Å². The Bertz CT molecular complexity index is 179. The summed E-state index contributed by atoms with van der Waals surface area (Å²) in [5.41, 5.74) is 5.17. The minimum Gasteiger partial charge on any atom is -0.370 e. The highest BCUT2D eigenvalue weighted by molar-refractivity contribution is 6.17. The molecular weight excluding hydrogens is 200 g/mol. The third-order valence-electron chi connectivity index (χ3n) is 2.80. The van der Waals surface area contributed by atoms with Crippen molar-refractivity contribution in [3.63, 3.8) is 0 Å². The van der Waals surface area contributed by atoms with Gasteiger partial charge in [0.25, 0.3) is 0 Å². The molecule has 0 radical (unpaired) electrons. The number of piperidine rings is 1. The number of nitrogens with two attached hydrogens (primary N) is 1. The number of hydrogen-bond acceptors (Lipinski definition) is 2. The molecule has 0 spiro atoms. The van der Waals surface area contributed by atoms with Gasteiger partial charge in [-0.2, -0.15) is 0 Å². The maximum absolute atomic E-state index is 10.7. The Kier molecular flexibility index (Phi) is 5.26. The SMILES string of the molecule is NC(=O)CC1CCN(CCCCl)CC1. The topological polar surface area (TPSA) is 46.3 Å². The van der Waals surface area contributed by atoms with Crippen molar-refractivity contribution in [3.8, 4) is 0 Å². The maximum atomic E-state index is 10.7. The van der Waals surface area contributed by atoms with Gasteiger partial charge < -0.3 is 10.6 Å². The van der Waals surface area contributed by atoms with E-state index in [0.717, 1.165) is 44.8 Å². The lowest BCUT2D eigenvalue weighted by Gasteiger charge is -2.31. The zero-order valence-electron chi connectivity index (χ0n) is 8.54. The van der Waals surface area contributed by atoms with Crippen molar-refractivity contribution >= 4 is 17.5 Å². The first-order valence-corrected chi connectivity index (χ1v) is 5.82. The molecule has 14 heavy (non-hydrogen) atoms. The first-order valence-electron chi connectivity index (χ1n) is 5.29. The minimum absolute atomic E-state index is 0.163. The molecule has 1 aliphatic rings. The Hall–Kier alpha value is -0.280. The number of hydrogen-bond donors (Lipinski definition) is 1. The summed E-state index contributed by atoms with van der Waals surface area (Å²) in [4.78, 5) is 13.1. The number of rotatable bonds is 5. The summed E-state index contributed by atoms with van der Waals surface area (Å²) in [7, 11) is 0. The smallest absolute Gasteiger partial charge is 0.217 e. The van der Waals surface area contributed by atoms with E-state index >= 15 is 0 Å². The zero-order valence-corrected chi connectivity index (χ0v) is 9.30. The van der Waals surface area contributed by atoms with Crippen LogP contribution in [0.25, 0.3) is 0 Å². The molecule has 2 N–H and O–H groups in total. The van der Waals surface area contributed by atoms with Crippen molar-refractivity contribution in [2.75, 3.05) is 25.5 Å². The van der Waals surface area contributed by atoms with Gasteiger partial charge in [0.2, 0.25) is 5.91 Å². The van der Waals surface area contributed by atoms with E-state index in [1.54, 1.807) is 0 Å². The summed E-state index contributed by atoms with van der Waals surface area (Å²) in [5.74, 6) is 1.09. The second kappa shape index (κ2) is 6.25. The predicted octanol–water partition coefficient (Wildman–Crippen LogP) is 1.20. The van der Waals surface area contributed by atoms with Crippen LogP contribution in [0, 0.1) is 5.92 Å². The number of primary amides is 1. The number of alkyl halides is 1. The van der Waals surface area contributed by atoms with Crippen molar-refractivity contribution in [1.82, 2.24) is 4.90 Å². The second-order valence-electron chi connectivity index (χ2n) is 4.00. The van der Waals surface area contributed by atoms with Crippen LogP contribution in [0.5, 0.6) is 0 Å². The van der Waals surface area contributed by atoms with Crippen molar-refractivity contribution in [2.45, 2.75) is 25.7 Å². The fourth-order valence-electron chi connectivity index (χ4n) is 1.98. The van der Waals surface area contributed by atoms with E-state index in [2.05, 4.69) is 4.90 Å². The average Bonchev–Trinajstić information content (AvgIpc) is 2.16. The van der Waals surface area contributed by atoms with Gasteiger partial charge in [-0.25, -0.2) is 0 Å². The molecule has 0 atom stereocenters. The van der Waals surface area contributed by atoms with Crippen LogP contribution in [0.2, 0.25) is 0 Å². The van der Waals surface area contributed by atoms with E-state index in [1.165, 1.54) is 0 Å². The van der Waals surface area contributed by atoms with Gasteiger partial charge >= 0.3 is 0 Å². The first kappa shape index (κ1) is 11.8. The summed E-state index contributed by atoms with van der Waals surface area (Å²) in [5, 5.41) is 0. The molecule has 3 nitrogen and oxygen atoms in total. The van der Waals surface area contributed by atoms with Gasteiger partial charge in [0.1, 0.15) is 0 Å². The van der Waals surface area contributed by atoms with Gasteiger partial charge in [-0.05, 0) is 44.8 Å². The van der Waals surface area contributed by atoms with Crippen LogP contribution < -0.4 is 5.73 Å². The highest BCUT2D eigenvalue weighted by Gasteiger charge is 2.19. The summed E-state index contributed by atoms with van der Waals surface area (Å²) in [6.07, 6.45) is 3.82. The Morgan fingerprint density at radius 1 is 1.43 bits per heavy atom. The lowest BCUT2D eigenvalue weighted by molar-refractivity contribution is -0.119. The van der Waals surface area contributed by atoms with E-state index < -0.39 is 0 Å². The predicted molar refractivity (Wildman–Crippen MR) is 58.3 cm³/mol. The van der Waals surface area contributed by atoms with Crippen molar-refractivity contribution in [2.24, 2.45) is 11.7 Å². The van der Waals surface area contributed by atoms with E-state index in [-0.39, 0.29) is 5.91 Å². The molecule has 1 amide bonds. The number of likely N-dealkylation sites (tertiary alicyclic amines) is 1. The lowest BCUT2D eigenvalue weighted by Crippen LogP contribution is -2.35. The molecular formula is C10H19ClN2O. The first-order chi connectivity index (χ1) is 6.72. The molecule has 0 saturated carbocycles. The molecule has 0 aromatic rings. The van der Waals surface area contributed by atoms with Crippen LogP contribution in [0.15, 0.2) is 0 Å². The molecule has 1 aliphatic heterocycles. The normalized spacial score (nSPS) is 19.8. The number of halogens is 1. The van der Waals surface area contributed by atoms with Crippen molar-refractivity contribution < 1.29 is 4.79 Å². The van der Waals surface area contributed by atoms with Gasteiger partial charge in [-0.1, -0.05) is 0 Å². The molecule has 1 fully saturated rings. The quantitative estimate of drug-likeness (QED) is 0.705. The largest absolute Gasteiger partial charge is 0.370 e. The van der Waals surface area contributed by atoms with E-state index in [0.29, 0.717) is 12.3 Å². The van der Waals surface area contributed by atoms with Gasteiger partial charge in [0.05, 0.1) is 0 Å². The summed E-state index contributed by atoms with van der Waals surface area (Å²) >= 11 is 5.63. The van der Waals surface area contributed by atoms with E-state index in [1.807, 2.05) is 0 Å². The van der Waals surface area contributed by atoms with Crippen LogP contribution in [0.3, 0.4) is 0 Å². The third kappa shape index (κ3) is 4.29. The number of amides is 1. The monoisotopic (exact) mass is 218 g/mol. The van der Waals surface area contributed by atoms with Crippen LogP contribution in [0.1, 0.15) is 25.7 Å². The molecule has 0 bridgehead atoms. The van der Waals surface area contributed by atoms with Crippen molar-refractivity contribution in [3.05, 3.63) is 0 Å².